The molecule has 0 saturated carbocycles. The van der Waals surface area contributed by atoms with E-state index in [1.807, 2.05) is 6.07 Å². The molecule has 1 unspecified atom stereocenters. The van der Waals surface area contributed by atoms with Crippen LogP contribution >= 0.6 is 0 Å². The van der Waals surface area contributed by atoms with E-state index in [1.54, 1.807) is 36.3 Å². The number of hydrogen-bond donors (Lipinski definition) is 2. The highest BCUT2D eigenvalue weighted by Gasteiger charge is 2.25. The zero-order chi connectivity index (χ0) is 27.1. The third-order valence-electron chi connectivity index (χ3n) is 7.25. The number of amides is 1. The Morgan fingerprint density at radius 1 is 1.23 bits per heavy atom. The number of piperazine rings is 1. The van der Waals surface area contributed by atoms with Crippen molar-refractivity contribution in [2.45, 2.75) is 32.4 Å². The quantitative estimate of drug-likeness (QED) is 0.388. The molecule has 6 rings (SSSR count). The first-order valence-electron chi connectivity index (χ1n) is 13.3. The second-order valence-corrected chi connectivity index (χ2v) is 10.6. The Hall–Kier alpha value is -3.83. The molecule has 3 atom stereocenters. The molecule has 0 spiro atoms. The van der Waals surface area contributed by atoms with Crippen LogP contribution in [-0.4, -0.2) is 70.6 Å². The predicted octanol–water partition coefficient (Wildman–Crippen LogP) is 3.51. The van der Waals surface area contributed by atoms with Crippen molar-refractivity contribution in [3.63, 3.8) is 0 Å². The second kappa shape index (κ2) is 10.4. The first kappa shape index (κ1) is 25.4. The number of aryl methyl sites for hydroxylation is 1. The molecule has 4 heterocycles. The largest absolute Gasteiger partial charge is 0.463 e. The standard InChI is InChI=1S/C28H32FN7O3/c1-16-11-36(12-17(2)31-16)24-5-4-21(26-22(24)10-30-28(33-26)39-15-18-6-7-38-14-18)27(37)32-20-8-19-13-35(3)34-25(19)23(29)9-20/h4-5,8-10,13,16-18,31H,6-7,11-12,14-15H2,1-3H3,(H,32,37)/t16-,17-,18?/m1/s1. The van der Waals surface area contributed by atoms with Gasteiger partial charge in [-0.1, -0.05) is 0 Å². The Morgan fingerprint density at radius 2 is 2.05 bits per heavy atom. The number of halogens is 1. The highest BCUT2D eigenvalue weighted by atomic mass is 19.1. The summed E-state index contributed by atoms with van der Waals surface area (Å²) in [4.78, 5) is 25.0. The lowest BCUT2D eigenvalue weighted by molar-refractivity contribution is 0.102. The molecule has 2 fully saturated rings. The molecule has 2 N–H and O–H groups in total. The van der Waals surface area contributed by atoms with E-state index in [9.17, 15) is 9.18 Å². The fourth-order valence-corrected chi connectivity index (χ4v) is 5.53. The lowest BCUT2D eigenvalue weighted by Crippen LogP contribution is -2.54. The number of ether oxygens (including phenoxy) is 2. The molecule has 2 aliphatic heterocycles. The van der Waals surface area contributed by atoms with Crippen molar-refractivity contribution in [2.75, 3.05) is 43.1 Å². The minimum Gasteiger partial charge on any atom is -0.463 e. The highest BCUT2D eigenvalue weighted by molar-refractivity contribution is 6.14. The topological polar surface area (TPSA) is 106 Å². The lowest BCUT2D eigenvalue weighted by Gasteiger charge is -2.38. The maximum atomic E-state index is 14.7. The van der Waals surface area contributed by atoms with Crippen molar-refractivity contribution in [1.82, 2.24) is 25.1 Å². The van der Waals surface area contributed by atoms with Gasteiger partial charge in [-0.25, -0.2) is 9.37 Å². The molecule has 2 aromatic heterocycles. The van der Waals surface area contributed by atoms with E-state index < -0.39 is 11.7 Å². The normalized spacial score (nSPS) is 21.5. The average molecular weight is 534 g/mol. The van der Waals surface area contributed by atoms with E-state index in [0.29, 0.717) is 53.4 Å². The van der Waals surface area contributed by atoms with Gasteiger partial charge in [0.05, 0.1) is 24.3 Å². The van der Waals surface area contributed by atoms with Gasteiger partial charge in [-0.05, 0) is 44.5 Å². The molecule has 4 aromatic rings. The van der Waals surface area contributed by atoms with Crippen LogP contribution in [0, 0.1) is 11.7 Å². The number of nitrogens with zero attached hydrogens (tertiary/aromatic N) is 5. The maximum Gasteiger partial charge on any atom is 0.316 e. The van der Waals surface area contributed by atoms with Crippen LogP contribution in [0.2, 0.25) is 0 Å². The summed E-state index contributed by atoms with van der Waals surface area (Å²) in [5.74, 6) is -0.607. The van der Waals surface area contributed by atoms with Gasteiger partial charge in [0, 0.05) is 79.3 Å². The number of fused-ring (bicyclic) bond motifs is 2. The van der Waals surface area contributed by atoms with Crippen LogP contribution in [0.3, 0.4) is 0 Å². The van der Waals surface area contributed by atoms with Gasteiger partial charge in [0.2, 0.25) is 0 Å². The summed E-state index contributed by atoms with van der Waals surface area (Å²) < 4.78 is 27.6. The van der Waals surface area contributed by atoms with E-state index in [1.165, 1.54) is 6.07 Å². The van der Waals surface area contributed by atoms with Crippen LogP contribution in [0.1, 0.15) is 30.6 Å². The van der Waals surface area contributed by atoms with Gasteiger partial charge < -0.3 is 25.0 Å². The smallest absolute Gasteiger partial charge is 0.316 e. The van der Waals surface area contributed by atoms with E-state index in [0.717, 1.165) is 37.2 Å². The summed E-state index contributed by atoms with van der Waals surface area (Å²) in [7, 11) is 1.73. The Bertz CT molecular complexity index is 1520. The maximum absolute atomic E-state index is 14.7. The molecule has 0 radical (unpaired) electrons. The molecule has 1 amide bonds. The first-order chi connectivity index (χ1) is 18.8. The molecule has 0 bridgehead atoms. The lowest BCUT2D eigenvalue weighted by atomic mass is 10.0. The van der Waals surface area contributed by atoms with Gasteiger partial charge in [0.25, 0.3) is 5.91 Å². The van der Waals surface area contributed by atoms with Crippen LogP contribution in [0.4, 0.5) is 15.8 Å². The summed E-state index contributed by atoms with van der Waals surface area (Å²) in [5.41, 5.74) is 2.39. The molecular weight excluding hydrogens is 501 g/mol. The molecule has 2 aliphatic rings. The van der Waals surface area contributed by atoms with Crippen molar-refractivity contribution in [3.05, 3.63) is 48.0 Å². The Balaban J connectivity index is 1.36. The molecular formula is C28H32FN7O3. The summed E-state index contributed by atoms with van der Waals surface area (Å²) in [6.07, 6.45) is 4.37. The number of hydrogen-bond acceptors (Lipinski definition) is 8. The second-order valence-electron chi connectivity index (χ2n) is 10.6. The molecule has 39 heavy (non-hydrogen) atoms. The van der Waals surface area contributed by atoms with Gasteiger partial charge in [0.15, 0.2) is 5.82 Å². The van der Waals surface area contributed by atoms with Crippen LogP contribution in [-0.2, 0) is 11.8 Å². The SMILES string of the molecule is C[C@@H]1CN(c2ccc(C(=O)Nc3cc(F)c4nn(C)cc4c3)c3nc(OCC4CCOC4)ncc23)C[C@@H](C)N1. The fourth-order valence-electron chi connectivity index (χ4n) is 5.53. The summed E-state index contributed by atoms with van der Waals surface area (Å²) in [5, 5.41) is 11.9. The minimum atomic E-state index is -0.501. The van der Waals surface area contributed by atoms with Crippen molar-refractivity contribution in [1.29, 1.82) is 0 Å². The van der Waals surface area contributed by atoms with Gasteiger partial charge in [-0.2, -0.15) is 10.1 Å². The van der Waals surface area contributed by atoms with Crippen molar-refractivity contribution >= 4 is 39.1 Å². The Kier molecular flexibility index (Phi) is 6.78. The van der Waals surface area contributed by atoms with E-state index >= 15 is 0 Å². The van der Waals surface area contributed by atoms with Crippen molar-refractivity contribution < 1.29 is 18.7 Å². The Labute approximate surface area is 225 Å². The molecule has 0 aliphatic carbocycles. The minimum absolute atomic E-state index is 0.213. The number of rotatable bonds is 6. The molecule has 11 heteroatoms. The Morgan fingerprint density at radius 3 is 2.82 bits per heavy atom. The number of nitrogens with one attached hydrogen (secondary N) is 2. The molecule has 2 saturated heterocycles. The molecule has 204 valence electrons. The fraction of sp³-hybridized carbons (Fsp3) is 0.429. The van der Waals surface area contributed by atoms with Gasteiger partial charge in [-0.3, -0.25) is 9.48 Å². The molecule has 2 aromatic carbocycles. The highest BCUT2D eigenvalue weighted by Crippen LogP contribution is 2.31. The van der Waals surface area contributed by atoms with Crippen LogP contribution in [0.25, 0.3) is 21.8 Å². The first-order valence-corrected chi connectivity index (χ1v) is 13.3. The number of anilines is 2. The van der Waals surface area contributed by atoms with Crippen LogP contribution < -0.4 is 20.3 Å². The van der Waals surface area contributed by atoms with Crippen molar-refractivity contribution in [2.24, 2.45) is 13.0 Å². The number of carbonyl (C=O) groups is 1. The van der Waals surface area contributed by atoms with Crippen LogP contribution in [0.5, 0.6) is 6.01 Å². The van der Waals surface area contributed by atoms with E-state index in [4.69, 9.17) is 14.5 Å². The summed E-state index contributed by atoms with van der Waals surface area (Å²) in [6, 6.07) is 7.52. The zero-order valence-corrected chi connectivity index (χ0v) is 22.3. The summed E-state index contributed by atoms with van der Waals surface area (Å²) in [6.45, 7) is 7.77. The zero-order valence-electron chi connectivity index (χ0n) is 22.3. The van der Waals surface area contributed by atoms with Gasteiger partial charge in [-0.15, -0.1) is 0 Å². The average Bonchev–Trinajstić information content (AvgIpc) is 3.55. The number of carbonyl (C=O) groups excluding carboxylic acids is 1. The third kappa shape index (κ3) is 5.24. The van der Waals surface area contributed by atoms with Crippen LogP contribution in [0.15, 0.2) is 36.7 Å². The predicted molar refractivity (Wildman–Crippen MR) is 147 cm³/mol. The molecule has 10 nitrogen and oxygen atoms in total. The van der Waals surface area contributed by atoms with Gasteiger partial charge >= 0.3 is 6.01 Å². The third-order valence-corrected chi connectivity index (χ3v) is 7.25. The van der Waals surface area contributed by atoms with E-state index in [-0.39, 0.29) is 11.5 Å². The van der Waals surface area contributed by atoms with Crippen molar-refractivity contribution in [3.8, 4) is 6.01 Å². The van der Waals surface area contributed by atoms with E-state index in [2.05, 4.69) is 39.5 Å². The number of aromatic nitrogens is 4. The summed E-state index contributed by atoms with van der Waals surface area (Å²) >= 11 is 0. The monoisotopic (exact) mass is 533 g/mol. The van der Waals surface area contributed by atoms with Gasteiger partial charge in [0.1, 0.15) is 5.52 Å². The number of benzene rings is 2.